The Hall–Kier alpha value is -1.73. The summed E-state index contributed by atoms with van der Waals surface area (Å²) in [5, 5.41) is 8.90. The molecule has 0 aliphatic heterocycles. The van der Waals surface area contributed by atoms with Crippen molar-refractivity contribution >= 4 is 37.6 Å². The Morgan fingerprint density at radius 3 is 2.62 bits per heavy atom. The van der Waals surface area contributed by atoms with Crippen LogP contribution in [0.3, 0.4) is 0 Å². The van der Waals surface area contributed by atoms with Crippen LogP contribution in [0.25, 0.3) is 16.5 Å². The zero-order chi connectivity index (χ0) is 17.3. The van der Waals surface area contributed by atoms with E-state index in [2.05, 4.69) is 28.9 Å². The molecule has 3 nitrogen and oxygen atoms in total. The predicted octanol–water partition coefficient (Wildman–Crippen LogP) is 4.96. The van der Waals surface area contributed by atoms with Crippen LogP contribution in [0.5, 0.6) is 0 Å². The maximum atomic E-state index is 7.80. The maximum absolute atomic E-state index is 7.80. The number of aryl methyl sites for hydroxylation is 1. The number of rotatable bonds is 4. The Labute approximate surface area is 146 Å². The lowest BCUT2D eigenvalue weighted by Crippen LogP contribution is -2.11. The number of allylic oxidation sites excluding steroid dienone is 1. The Balaban J connectivity index is 2.33. The van der Waals surface area contributed by atoms with Crippen molar-refractivity contribution in [1.82, 2.24) is 4.98 Å². The molecule has 0 saturated carbocycles. The van der Waals surface area contributed by atoms with E-state index in [-0.39, 0.29) is 0 Å². The summed E-state index contributed by atoms with van der Waals surface area (Å²) in [6.07, 6.45) is 6.94. The fourth-order valence-corrected chi connectivity index (χ4v) is 4.06. The molecule has 3 N–H and O–H groups in total. The van der Waals surface area contributed by atoms with E-state index in [4.69, 9.17) is 16.1 Å². The van der Waals surface area contributed by atoms with E-state index >= 15 is 0 Å². The highest BCUT2D eigenvalue weighted by Gasteiger charge is 2.22. The molecule has 4 heteroatoms. The third kappa shape index (κ3) is 2.98. The summed E-state index contributed by atoms with van der Waals surface area (Å²) < 4.78 is 0. The summed E-state index contributed by atoms with van der Waals surface area (Å²) in [4.78, 5) is 5.02. The first-order chi connectivity index (χ1) is 11.6. The van der Waals surface area contributed by atoms with Gasteiger partial charge in [0.25, 0.3) is 0 Å². The van der Waals surface area contributed by atoms with Crippen LogP contribution in [0, 0.1) is 11.3 Å². The van der Waals surface area contributed by atoms with Crippen molar-refractivity contribution in [3.63, 3.8) is 0 Å². The van der Waals surface area contributed by atoms with Crippen molar-refractivity contribution < 1.29 is 0 Å². The number of nitrogen functional groups attached to an aromatic ring is 1. The van der Waals surface area contributed by atoms with Crippen molar-refractivity contribution in [2.75, 3.05) is 5.73 Å². The number of pyridine rings is 1. The van der Waals surface area contributed by atoms with Crippen LogP contribution in [-0.4, -0.2) is 11.2 Å². The van der Waals surface area contributed by atoms with Crippen LogP contribution in [0.4, 0.5) is 5.69 Å². The minimum Gasteiger partial charge on any atom is -0.398 e. The van der Waals surface area contributed by atoms with Gasteiger partial charge in [-0.25, -0.2) is 4.98 Å². The van der Waals surface area contributed by atoms with Gasteiger partial charge in [-0.2, -0.15) is 0 Å². The first kappa shape index (κ1) is 17.1. The highest BCUT2D eigenvalue weighted by atomic mass is 31.0. The fourth-order valence-electron chi connectivity index (χ4n) is 3.77. The van der Waals surface area contributed by atoms with Gasteiger partial charge in [0.15, 0.2) is 0 Å². The van der Waals surface area contributed by atoms with E-state index in [1.807, 2.05) is 12.1 Å². The fraction of sp³-hybridized carbons (Fsp3) is 0.400. The molecule has 2 aromatic rings. The lowest BCUT2D eigenvalue weighted by molar-refractivity contribution is 0.664. The quantitative estimate of drug-likeness (QED) is 0.470. The van der Waals surface area contributed by atoms with Gasteiger partial charge in [-0.05, 0) is 66.9 Å². The zero-order valence-corrected chi connectivity index (χ0v) is 15.7. The second-order valence-corrected chi connectivity index (χ2v) is 7.35. The molecule has 1 aromatic carbocycles. The van der Waals surface area contributed by atoms with Crippen molar-refractivity contribution in [3.05, 3.63) is 40.3 Å². The highest BCUT2D eigenvalue weighted by Crippen LogP contribution is 2.37. The van der Waals surface area contributed by atoms with Gasteiger partial charge in [-0.3, -0.25) is 0 Å². The molecule has 0 spiro atoms. The normalized spacial score (nSPS) is 14.9. The van der Waals surface area contributed by atoms with Crippen LogP contribution in [0.15, 0.2) is 17.9 Å². The Kier molecular flexibility index (Phi) is 5.01. The Morgan fingerprint density at radius 2 is 2.00 bits per heavy atom. The molecular formula is C20H26N3P. The van der Waals surface area contributed by atoms with Gasteiger partial charge in [0.2, 0.25) is 0 Å². The Morgan fingerprint density at radius 1 is 1.29 bits per heavy atom. The number of anilines is 1. The number of benzene rings is 1. The molecule has 0 saturated heterocycles. The van der Waals surface area contributed by atoms with Crippen LogP contribution < -0.4 is 5.73 Å². The topological polar surface area (TPSA) is 62.8 Å². The number of hydrogen-bond donors (Lipinski definition) is 2. The second-order valence-electron chi connectivity index (χ2n) is 7.02. The summed E-state index contributed by atoms with van der Waals surface area (Å²) in [5.41, 5.74) is 13.8. The molecule has 126 valence electrons. The van der Waals surface area contributed by atoms with E-state index in [9.17, 15) is 0 Å². The largest absolute Gasteiger partial charge is 0.398 e. The summed E-state index contributed by atoms with van der Waals surface area (Å²) >= 11 is 0. The number of nitrogens with zero attached hydrogens (tertiary/aromatic N) is 1. The van der Waals surface area contributed by atoms with Crippen LogP contribution >= 0.6 is 9.24 Å². The molecule has 1 heterocycles. The minimum absolute atomic E-state index is 0.595. The second kappa shape index (κ2) is 7.03. The lowest BCUT2D eigenvalue weighted by Gasteiger charge is -2.24. The maximum Gasteiger partial charge on any atom is 0.0720 e. The molecule has 24 heavy (non-hydrogen) atoms. The third-order valence-electron chi connectivity index (χ3n) is 4.82. The first-order valence-electron chi connectivity index (χ1n) is 8.72. The average Bonchev–Trinajstić information content (AvgIpc) is 2.59. The molecule has 0 radical (unpaired) electrons. The van der Waals surface area contributed by atoms with Crippen LogP contribution in [0.1, 0.15) is 55.5 Å². The third-order valence-corrected chi connectivity index (χ3v) is 5.23. The number of nitrogens with one attached hydrogen (secondary N) is 1. The number of hydrogen-bond acceptors (Lipinski definition) is 3. The van der Waals surface area contributed by atoms with Gasteiger partial charge in [0.1, 0.15) is 0 Å². The number of nitrogens with two attached hydrogens (primary N) is 1. The zero-order valence-electron chi connectivity index (χ0n) is 14.5. The van der Waals surface area contributed by atoms with Crippen LogP contribution in [0.2, 0.25) is 0 Å². The van der Waals surface area contributed by atoms with Crippen molar-refractivity contribution in [1.29, 1.82) is 5.41 Å². The van der Waals surface area contributed by atoms with Gasteiger partial charge in [-0.1, -0.05) is 19.7 Å². The number of aromatic nitrogens is 1. The summed E-state index contributed by atoms with van der Waals surface area (Å²) in [7, 11) is 2.76. The smallest absolute Gasteiger partial charge is 0.0720 e. The summed E-state index contributed by atoms with van der Waals surface area (Å²) in [6.45, 7) is 4.49. The number of fused-ring (bicyclic) bond motifs is 3. The van der Waals surface area contributed by atoms with Gasteiger partial charge in [-0.15, -0.1) is 9.24 Å². The first-order valence-corrected chi connectivity index (χ1v) is 9.39. The molecule has 0 bridgehead atoms. The molecule has 1 aliphatic carbocycles. The molecule has 1 aliphatic rings. The summed E-state index contributed by atoms with van der Waals surface area (Å²) in [5.74, 6) is 2.73. The SMILES string of the molecule is CC(C)C/C(=C\P)c1nc2ccc(N)c(C=N)c2c2c1CCCC2. The summed E-state index contributed by atoms with van der Waals surface area (Å²) in [6, 6.07) is 3.88. The van der Waals surface area contributed by atoms with E-state index in [0.717, 1.165) is 41.4 Å². The van der Waals surface area contributed by atoms with Gasteiger partial charge >= 0.3 is 0 Å². The molecule has 1 unspecified atom stereocenters. The highest BCUT2D eigenvalue weighted by molar-refractivity contribution is 7.21. The molecule has 0 fully saturated rings. The monoisotopic (exact) mass is 339 g/mol. The Bertz CT molecular complexity index is 821. The predicted molar refractivity (Wildman–Crippen MR) is 108 cm³/mol. The van der Waals surface area contributed by atoms with Gasteiger partial charge < -0.3 is 11.1 Å². The van der Waals surface area contributed by atoms with Gasteiger partial charge in [0, 0.05) is 22.9 Å². The van der Waals surface area contributed by atoms with E-state index in [0.29, 0.717) is 11.6 Å². The molecule has 1 aromatic heterocycles. The van der Waals surface area contributed by atoms with Crippen molar-refractivity contribution in [3.8, 4) is 0 Å². The van der Waals surface area contributed by atoms with Crippen molar-refractivity contribution in [2.24, 2.45) is 5.92 Å². The average molecular weight is 339 g/mol. The van der Waals surface area contributed by atoms with E-state index in [1.165, 1.54) is 35.8 Å². The van der Waals surface area contributed by atoms with Crippen molar-refractivity contribution in [2.45, 2.75) is 46.0 Å². The van der Waals surface area contributed by atoms with E-state index in [1.54, 1.807) is 0 Å². The lowest BCUT2D eigenvalue weighted by atomic mass is 9.84. The molecule has 0 amide bonds. The van der Waals surface area contributed by atoms with E-state index < -0.39 is 0 Å². The molecular weight excluding hydrogens is 313 g/mol. The van der Waals surface area contributed by atoms with Crippen LogP contribution in [-0.2, 0) is 12.8 Å². The standard InChI is InChI=1S/C20H26N3P/c1-12(2)9-13(11-24)20-15-6-4-3-5-14(15)19-16(10-21)17(22)7-8-18(19)23-20/h7-8,10-12,21H,3-6,9,22,24H2,1-2H3/b13-11+,21-10?. The van der Waals surface area contributed by atoms with Gasteiger partial charge in [0.05, 0.1) is 11.2 Å². The minimum atomic E-state index is 0.595. The molecule has 3 rings (SSSR count). The molecule has 1 atom stereocenters.